The monoisotopic (exact) mass is 1160 g/mol. The van der Waals surface area contributed by atoms with Crippen LogP contribution < -0.4 is 0 Å². The first-order valence-corrected chi connectivity index (χ1v) is 33.2. The Kier molecular flexibility index (Phi) is 53.6. The predicted octanol–water partition coefficient (Wildman–Crippen LogP) is 18.0. The van der Waals surface area contributed by atoms with Crippen LogP contribution in [0.15, 0.2) is 97.2 Å². The van der Waals surface area contributed by atoms with Gasteiger partial charge in [-0.1, -0.05) is 272 Å². The molecule has 1 saturated heterocycles. The van der Waals surface area contributed by atoms with Gasteiger partial charge in [-0.3, -0.25) is 14.4 Å². The van der Waals surface area contributed by atoms with Gasteiger partial charge >= 0.3 is 23.9 Å². The largest absolute Gasteiger partial charge is 0.479 e. The van der Waals surface area contributed by atoms with Crippen molar-refractivity contribution in [3.8, 4) is 0 Å². The lowest BCUT2D eigenvalue weighted by Crippen LogP contribution is -2.61. The smallest absolute Gasteiger partial charge is 0.335 e. The van der Waals surface area contributed by atoms with E-state index in [2.05, 4.69) is 93.7 Å². The summed E-state index contributed by atoms with van der Waals surface area (Å²) in [5.74, 6) is -3.29. The zero-order chi connectivity index (χ0) is 60.3. The van der Waals surface area contributed by atoms with Crippen molar-refractivity contribution in [1.29, 1.82) is 0 Å². The quantitative estimate of drug-likeness (QED) is 0.0228. The van der Waals surface area contributed by atoms with Crippen molar-refractivity contribution in [2.45, 2.75) is 314 Å². The second-order valence-electron chi connectivity index (χ2n) is 22.4. The Labute approximate surface area is 504 Å². The first-order valence-electron chi connectivity index (χ1n) is 33.2. The number of rotatable bonds is 56. The number of carbonyl (C=O) groups is 4. The molecular formula is C71H118O12. The molecule has 1 aliphatic rings. The molecule has 1 rings (SSSR count). The molecule has 0 bridgehead atoms. The van der Waals surface area contributed by atoms with Crippen molar-refractivity contribution < 1.29 is 58.2 Å². The van der Waals surface area contributed by atoms with Gasteiger partial charge < -0.3 is 39.0 Å². The zero-order valence-corrected chi connectivity index (χ0v) is 52.4. The minimum atomic E-state index is -1.94. The number of aliphatic hydroxyl groups excluding tert-OH is 2. The number of ether oxygens (including phenoxy) is 5. The summed E-state index contributed by atoms with van der Waals surface area (Å²) < 4.78 is 28.4. The van der Waals surface area contributed by atoms with Crippen LogP contribution in [0.4, 0.5) is 0 Å². The number of esters is 3. The molecule has 83 heavy (non-hydrogen) atoms. The number of allylic oxidation sites excluding steroid dienone is 15. The second-order valence-corrected chi connectivity index (χ2v) is 22.4. The summed E-state index contributed by atoms with van der Waals surface area (Å²) in [4.78, 5) is 51.3. The predicted molar refractivity (Wildman–Crippen MR) is 340 cm³/mol. The maximum atomic E-state index is 13.2. The summed E-state index contributed by atoms with van der Waals surface area (Å²) in [7, 11) is 0. The molecule has 12 heteroatoms. The highest BCUT2D eigenvalue weighted by Gasteiger charge is 2.50. The van der Waals surface area contributed by atoms with E-state index in [0.29, 0.717) is 19.3 Å². The molecule has 0 aliphatic carbocycles. The normalized spacial score (nSPS) is 18.2. The van der Waals surface area contributed by atoms with Gasteiger partial charge in [0, 0.05) is 12.8 Å². The Morgan fingerprint density at radius 2 is 0.795 bits per heavy atom. The standard InChI is InChI=1S/C71H118O12/c1-4-7-10-13-16-19-22-25-28-30-32-34-37-39-42-45-48-51-54-57-63(72)79-60-62(81-64(73)58-55-52-49-46-43-41-38-35-33-31-29-26-23-20-17-14-11-8-5-2)61-80-71-69(67(76)66(75)68(83-71)70(77)78)82-65(74)59-56-53-50-47-44-40-36-27-24-21-18-15-12-9-6-3/h9,12,16,18-19,21,25,27-28,32,34,36,44,47,53,56,62,66-69,71,75-76H,4-8,10-11,13-15,17,20,22-24,26,29-31,33,35,37-43,45-46,48-52,54-55,57-61H2,1-3H3,(H,77,78)/b12-9-,19-16-,21-18-,28-25-,34-32-,36-27-,47-44-,56-53-. The van der Waals surface area contributed by atoms with E-state index in [9.17, 15) is 34.5 Å². The van der Waals surface area contributed by atoms with E-state index in [-0.39, 0.29) is 25.9 Å². The Morgan fingerprint density at radius 1 is 0.422 bits per heavy atom. The summed E-state index contributed by atoms with van der Waals surface area (Å²) in [6.45, 7) is 5.83. The lowest BCUT2D eigenvalue weighted by Gasteiger charge is -2.40. The number of unbranched alkanes of at least 4 members (excludes halogenated alkanes) is 27. The highest BCUT2D eigenvalue weighted by molar-refractivity contribution is 5.74. The summed E-state index contributed by atoms with van der Waals surface area (Å²) in [5.41, 5.74) is 0. The van der Waals surface area contributed by atoms with Crippen LogP contribution in [-0.4, -0.2) is 89.2 Å². The third kappa shape index (κ3) is 47.6. The second kappa shape index (κ2) is 58.0. The van der Waals surface area contributed by atoms with Crippen molar-refractivity contribution in [3.63, 3.8) is 0 Å². The SMILES string of the molecule is CC/C=C\C/C=C\C/C=C\C/C=C\C/C=C\CC(=O)OC1C(OCC(COC(=O)CCCCCCCC/C=C\C/C=C\C/C=C\CCCCC)OC(=O)CCCCCCCCCCCCCCCCCCCCC)OC(C(=O)O)C(O)C1O. The van der Waals surface area contributed by atoms with E-state index in [4.69, 9.17) is 23.7 Å². The number of aliphatic hydroxyl groups is 2. The van der Waals surface area contributed by atoms with E-state index < -0.39 is 67.3 Å². The van der Waals surface area contributed by atoms with Crippen molar-refractivity contribution >= 4 is 23.9 Å². The molecule has 0 spiro atoms. The van der Waals surface area contributed by atoms with E-state index in [1.165, 1.54) is 122 Å². The summed E-state index contributed by atoms with van der Waals surface area (Å²) >= 11 is 0. The lowest BCUT2D eigenvalue weighted by atomic mass is 9.98. The molecule has 0 radical (unpaired) electrons. The van der Waals surface area contributed by atoms with Crippen LogP contribution in [0.2, 0.25) is 0 Å². The van der Waals surface area contributed by atoms with E-state index in [0.717, 1.165) is 96.3 Å². The molecule has 474 valence electrons. The van der Waals surface area contributed by atoms with Crippen molar-refractivity contribution in [2.75, 3.05) is 13.2 Å². The molecule has 0 aromatic carbocycles. The number of carbonyl (C=O) groups excluding carboxylic acids is 3. The molecule has 6 atom stereocenters. The minimum Gasteiger partial charge on any atom is -0.479 e. The maximum Gasteiger partial charge on any atom is 0.335 e. The summed E-state index contributed by atoms with van der Waals surface area (Å²) in [6.07, 6.45) is 65.4. The molecule has 0 aromatic heterocycles. The third-order valence-corrected chi connectivity index (χ3v) is 14.7. The Morgan fingerprint density at radius 3 is 1.24 bits per heavy atom. The Hall–Kier alpha value is -4.36. The van der Waals surface area contributed by atoms with Crippen LogP contribution in [0.5, 0.6) is 0 Å². The van der Waals surface area contributed by atoms with Gasteiger partial charge in [0.25, 0.3) is 0 Å². The van der Waals surface area contributed by atoms with E-state index in [1.807, 2.05) is 12.2 Å². The first kappa shape index (κ1) is 76.7. The molecule has 3 N–H and O–H groups in total. The number of carboxylic acid groups (broad SMARTS) is 1. The van der Waals surface area contributed by atoms with E-state index >= 15 is 0 Å². The molecular weight excluding hydrogens is 1040 g/mol. The molecule has 1 aliphatic heterocycles. The maximum absolute atomic E-state index is 13.2. The van der Waals surface area contributed by atoms with Crippen LogP contribution in [0.25, 0.3) is 0 Å². The molecule has 6 unspecified atom stereocenters. The van der Waals surface area contributed by atoms with Crippen LogP contribution in [0.1, 0.15) is 278 Å². The number of hydrogen-bond acceptors (Lipinski definition) is 11. The van der Waals surface area contributed by atoms with Crippen LogP contribution in [0.3, 0.4) is 0 Å². The van der Waals surface area contributed by atoms with Gasteiger partial charge in [0.2, 0.25) is 0 Å². The van der Waals surface area contributed by atoms with Gasteiger partial charge in [-0.2, -0.15) is 0 Å². The van der Waals surface area contributed by atoms with Crippen molar-refractivity contribution in [1.82, 2.24) is 0 Å². The molecule has 0 saturated carbocycles. The van der Waals surface area contributed by atoms with Gasteiger partial charge in [-0.25, -0.2) is 4.79 Å². The topological polar surface area (TPSA) is 175 Å². The van der Waals surface area contributed by atoms with Gasteiger partial charge in [-0.05, 0) is 83.5 Å². The molecule has 0 aromatic rings. The number of hydrogen-bond donors (Lipinski definition) is 3. The fourth-order valence-corrected chi connectivity index (χ4v) is 9.63. The molecule has 12 nitrogen and oxygen atoms in total. The Bertz CT molecular complexity index is 1810. The fourth-order valence-electron chi connectivity index (χ4n) is 9.63. The molecule has 1 fully saturated rings. The van der Waals surface area contributed by atoms with Crippen molar-refractivity contribution in [2.24, 2.45) is 0 Å². The summed E-state index contributed by atoms with van der Waals surface area (Å²) in [5, 5.41) is 31.5. The fraction of sp³-hybridized carbons (Fsp3) is 0.718. The third-order valence-electron chi connectivity index (χ3n) is 14.7. The Balaban J connectivity index is 2.70. The molecule has 0 amide bonds. The zero-order valence-electron chi connectivity index (χ0n) is 52.4. The highest BCUT2D eigenvalue weighted by Crippen LogP contribution is 2.26. The first-order chi connectivity index (χ1) is 40.6. The summed E-state index contributed by atoms with van der Waals surface area (Å²) in [6, 6.07) is 0. The van der Waals surface area contributed by atoms with E-state index in [1.54, 1.807) is 12.2 Å². The number of carboxylic acids is 1. The van der Waals surface area contributed by atoms with Gasteiger partial charge in [0.15, 0.2) is 24.6 Å². The van der Waals surface area contributed by atoms with Gasteiger partial charge in [0.05, 0.1) is 13.0 Å². The average Bonchev–Trinajstić information content (AvgIpc) is 3.57. The number of aliphatic carboxylic acids is 1. The lowest BCUT2D eigenvalue weighted by molar-refractivity contribution is -0.301. The van der Waals surface area contributed by atoms with Crippen molar-refractivity contribution in [3.05, 3.63) is 97.2 Å². The molecule has 1 heterocycles. The van der Waals surface area contributed by atoms with Crippen LogP contribution in [0, 0.1) is 0 Å². The highest BCUT2D eigenvalue weighted by atomic mass is 16.7. The average molecular weight is 1160 g/mol. The van der Waals surface area contributed by atoms with Crippen LogP contribution >= 0.6 is 0 Å². The van der Waals surface area contributed by atoms with Crippen LogP contribution in [-0.2, 0) is 42.9 Å². The van der Waals surface area contributed by atoms with Gasteiger partial charge in [0.1, 0.15) is 18.8 Å². The van der Waals surface area contributed by atoms with Gasteiger partial charge in [-0.15, -0.1) is 0 Å². The minimum absolute atomic E-state index is 0.149.